The van der Waals surface area contributed by atoms with Crippen molar-refractivity contribution in [3.05, 3.63) is 51.8 Å². The molecular weight excluding hydrogens is 318 g/mol. The molecule has 1 aromatic carbocycles. The van der Waals surface area contributed by atoms with Crippen LogP contribution >= 0.6 is 0 Å². The van der Waals surface area contributed by atoms with Crippen LogP contribution in [0.4, 0.5) is 0 Å². The number of benzene rings is 1. The van der Waals surface area contributed by atoms with Crippen molar-refractivity contribution in [2.75, 3.05) is 0 Å². The van der Waals surface area contributed by atoms with Gasteiger partial charge >= 0.3 is 0 Å². The van der Waals surface area contributed by atoms with E-state index in [4.69, 9.17) is 6.57 Å². The maximum absolute atomic E-state index is 12.7. The summed E-state index contributed by atoms with van der Waals surface area (Å²) in [5, 5.41) is -0.0997. The summed E-state index contributed by atoms with van der Waals surface area (Å²) in [6, 6.07) is 6.69. The van der Waals surface area contributed by atoms with Gasteiger partial charge in [-0.05, 0) is 25.5 Å². The maximum atomic E-state index is 12.7. The van der Waals surface area contributed by atoms with Gasteiger partial charge in [-0.1, -0.05) is 82.1 Å². The summed E-state index contributed by atoms with van der Waals surface area (Å²) in [4.78, 5) is 3.55. The smallest absolute Gasteiger partial charge is 0.230 e. The molecule has 0 aliphatic carbocycles. The summed E-state index contributed by atoms with van der Waals surface area (Å²) >= 11 is 0. The Labute approximate surface area is 147 Å². The Morgan fingerprint density at radius 2 is 1.54 bits per heavy atom. The Kier molecular flexibility index (Phi) is 8.78. The van der Waals surface area contributed by atoms with E-state index in [9.17, 15) is 8.42 Å². The maximum Gasteiger partial charge on any atom is 0.282 e. The fraction of sp³-hybridized carbons (Fsp3) is 0.550. The highest BCUT2D eigenvalue weighted by Crippen LogP contribution is 2.26. The average molecular weight is 348 g/mol. The zero-order chi connectivity index (χ0) is 18.0. The molecule has 0 atom stereocenters. The van der Waals surface area contributed by atoms with E-state index in [1.807, 2.05) is 6.92 Å². The number of unbranched alkanes of at least 4 members (excludes halogenated alkanes) is 6. The number of sulfone groups is 1. The lowest BCUT2D eigenvalue weighted by Gasteiger charge is -2.08. The van der Waals surface area contributed by atoms with E-state index in [0.29, 0.717) is 12.0 Å². The second-order valence-electron chi connectivity index (χ2n) is 6.39. The molecule has 0 spiro atoms. The van der Waals surface area contributed by atoms with Gasteiger partial charge in [0.25, 0.3) is 5.03 Å². The number of hydrogen-bond donors (Lipinski definition) is 0. The van der Waals surface area contributed by atoms with Crippen molar-refractivity contribution in [1.82, 2.24) is 0 Å². The van der Waals surface area contributed by atoms with Crippen LogP contribution in [0.15, 0.2) is 39.8 Å². The topological polar surface area (TPSA) is 38.5 Å². The summed E-state index contributed by atoms with van der Waals surface area (Å²) in [6.45, 7) is 13.2. The highest BCUT2D eigenvalue weighted by atomic mass is 32.2. The lowest BCUT2D eigenvalue weighted by molar-refractivity contribution is 0.587. The Bertz CT molecular complexity index is 679. The van der Waals surface area contributed by atoms with Gasteiger partial charge in [0.05, 0.1) is 11.5 Å². The second kappa shape index (κ2) is 10.3. The monoisotopic (exact) mass is 347 g/mol. The number of rotatable bonds is 10. The molecule has 0 saturated carbocycles. The SMILES string of the molecule is [C-]#[N+]/C(=C(\C)CCCCCCCCC)S(=O)(=O)c1ccc(C)cc1. The van der Waals surface area contributed by atoms with Gasteiger partial charge < -0.3 is 0 Å². The highest BCUT2D eigenvalue weighted by molar-refractivity contribution is 7.95. The van der Waals surface area contributed by atoms with E-state index in [1.54, 1.807) is 31.2 Å². The first kappa shape index (κ1) is 20.4. The molecule has 0 saturated heterocycles. The number of aryl methyl sites for hydroxylation is 1. The van der Waals surface area contributed by atoms with Crippen LogP contribution in [0.3, 0.4) is 0 Å². The van der Waals surface area contributed by atoms with Gasteiger partial charge in [0, 0.05) is 0 Å². The Hall–Kier alpha value is -1.60. The van der Waals surface area contributed by atoms with Crippen LogP contribution in [0.2, 0.25) is 0 Å². The van der Waals surface area contributed by atoms with Gasteiger partial charge in [0.15, 0.2) is 0 Å². The fourth-order valence-electron chi connectivity index (χ4n) is 2.67. The van der Waals surface area contributed by atoms with Crippen LogP contribution < -0.4 is 0 Å². The average Bonchev–Trinajstić information content (AvgIpc) is 2.55. The minimum atomic E-state index is -3.70. The summed E-state index contributed by atoms with van der Waals surface area (Å²) in [5.74, 6) is 0. The van der Waals surface area contributed by atoms with E-state index in [0.717, 1.165) is 18.4 Å². The van der Waals surface area contributed by atoms with Crippen molar-refractivity contribution in [3.8, 4) is 0 Å². The molecule has 0 aromatic heterocycles. The minimum absolute atomic E-state index is 0.0997. The first-order valence-corrected chi connectivity index (χ1v) is 10.3. The highest BCUT2D eigenvalue weighted by Gasteiger charge is 2.23. The first-order valence-electron chi connectivity index (χ1n) is 8.82. The normalized spacial score (nSPS) is 12.6. The molecule has 24 heavy (non-hydrogen) atoms. The van der Waals surface area contributed by atoms with E-state index < -0.39 is 9.84 Å². The van der Waals surface area contributed by atoms with E-state index in [1.165, 1.54) is 32.1 Å². The predicted molar refractivity (Wildman–Crippen MR) is 100 cm³/mol. The lowest BCUT2D eigenvalue weighted by Crippen LogP contribution is -2.04. The predicted octanol–water partition coefficient (Wildman–Crippen LogP) is 6.06. The number of hydrogen-bond acceptors (Lipinski definition) is 2. The molecule has 0 aliphatic heterocycles. The summed E-state index contributed by atoms with van der Waals surface area (Å²) in [7, 11) is -3.70. The minimum Gasteiger partial charge on any atom is -0.230 e. The third-order valence-corrected chi connectivity index (χ3v) is 6.05. The first-order chi connectivity index (χ1) is 11.4. The van der Waals surface area contributed by atoms with Crippen LogP contribution in [0, 0.1) is 13.5 Å². The molecule has 0 heterocycles. The van der Waals surface area contributed by atoms with E-state index >= 15 is 0 Å². The van der Waals surface area contributed by atoms with Gasteiger partial charge in [-0.15, -0.1) is 0 Å². The quantitative estimate of drug-likeness (QED) is 0.381. The Balaban J connectivity index is 2.70. The standard InChI is InChI=1S/C20H29NO2S/c1-5-6-7-8-9-10-11-12-18(3)20(21-4)24(22,23)19-15-13-17(2)14-16-19/h13-16H,5-12H2,1-3H3/b20-18-. The Morgan fingerprint density at radius 1 is 1.00 bits per heavy atom. The number of allylic oxidation sites excluding steroid dienone is 1. The molecule has 1 rings (SSSR count). The largest absolute Gasteiger partial charge is 0.282 e. The summed E-state index contributed by atoms with van der Waals surface area (Å²) in [6.07, 6.45) is 8.95. The molecule has 0 amide bonds. The van der Waals surface area contributed by atoms with E-state index in [2.05, 4.69) is 11.8 Å². The van der Waals surface area contributed by atoms with Crippen molar-refractivity contribution < 1.29 is 8.42 Å². The van der Waals surface area contributed by atoms with Crippen LogP contribution in [0.25, 0.3) is 4.85 Å². The zero-order valence-electron chi connectivity index (χ0n) is 15.1. The van der Waals surface area contributed by atoms with Crippen LogP contribution in [-0.2, 0) is 9.84 Å². The van der Waals surface area contributed by atoms with Crippen molar-refractivity contribution >= 4 is 9.84 Å². The zero-order valence-corrected chi connectivity index (χ0v) is 16.0. The van der Waals surface area contributed by atoms with Gasteiger partial charge in [-0.25, -0.2) is 13.3 Å². The summed E-state index contributed by atoms with van der Waals surface area (Å²) < 4.78 is 25.3. The third-order valence-electron chi connectivity index (χ3n) is 4.21. The summed E-state index contributed by atoms with van der Waals surface area (Å²) in [5.41, 5.74) is 1.68. The molecule has 1 aromatic rings. The molecule has 4 heteroatoms. The molecule has 0 N–H and O–H groups in total. The third kappa shape index (κ3) is 6.13. The molecule has 0 fully saturated rings. The molecule has 0 radical (unpaired) electrons. The van der Waals surface area contributed by atoms with Crippen molar-refractivity contribution in [2.24, 2.45) is 0 Å². The van der Waals surface area contributed by atoms with E-state index in [-0.39, 0.29) is 9.92 Å². The van der Waals surface area contributed by atoms with Crippen LogP contribution in [0.1, 0.15) is 70.8 Å². The number of nitrogens with zero attached hydrogens (tertiary/aromatic N) is 1. The van der Waals surface area contributed by atoms with Gasteiger partial charge in [0.1, 0.15) is 0 Å². The van der Waals surface area contributed by atoms with Crippen molar-refractivity contribution in [1.29, 1.82) is 0 Å². The van der Waals surface area contributed by atoms with Gasteiger partial charge in [-0.2, -0.15) is 0 Å². The molecule has 0 aliphatic rings. The Morgan fingerprint density at radius 3 is 2.08 bits per heavy atom. The molecule has 3 nitrogen and oxygen atoms in total. The van der Waals surface area contributed by atoms with Gasteiger partial charge in [0.2, 0.25) is 9.84 Å². The van der Waals surface area contributed by atoms with Crippen molar-refractivity contribution in [2.45, 2.75) is 77.0 Å². The van der Waals surface area contributed by atoms with Crippen LogP contribution in [-0.4, -0.2) is 8.42 Å². The second-order valence-corrected chi connectivity index (χ2v) is 8.25. The van der Waals surface area contributed by atoms with Crippen LogP contribution in [0.5, 0.6) is 0 Å². The molecule has 132 valence electrons. The molecule has 0 bridgehead atoms. The molecule has 0 unspecified atom stereocenters. The molecular formula is C20H29NO2S. The van der Waals surface area contributed by atoms with Crippen molar-refractivity contribution in [3.63, 3.8) is 0 Å². The fourth-order valence-corrected chi connectivity index (χ4v) is 4.07. The lowest BCUT2D eigenvalue weighted by atomic mass is 10.1. The van der Waals surface area contributed by atoms with Gasteiger partial charge in [-0.3, -0.25) is 0 Å².